The minimum atomic E-state index is 0.866. The van der Waals surface area contributed by atoms with Crippen LogP contribution in [-0.2, 0) is 6.54 Å². The quantitative estimate of drug-likeness (QED) is 0.803. The highest BCUT2D eigenvalue weighted by Crippen LogP contribution is 2.28. The van der Waals surface area contributed by atoms with E-state index in [-0.39, 0.29) is 0 Å². The molecule has 0 radical (unpaired) electrons. The predicted octanol–water partition coefficient (Wildman–Crippen LogP) is 2.82. The minimum absolute atomic E-state index is 0.866. The molecule has 3 heteroatoms. The van der Waals surface area contributed by atoms with Gasteiger partial charge in [-0.2, -0.15) is 0 Å². The molecule has 1 aromatic heterocycles. The number of hydrogen-bond acceptors (Lipinski definition) is 3. The van der Waals surface area contributed by atoms with Gasteiger partial charge in [-0.3, -0.25) is 4.98 Å². The molecule has 1 aliphatic rings. The molecule has 1 heterocycles. The van der Waals surface area contributed by atoms with Crippen LogP contribution in [0, 0.1) is 5.92 Å². The van der Waals surface area contributed by atoms with Crippen molar-refractivity contribution in [3.63, 3.8) is 0 Å². The maximum absolute atomic E-state index is 4.42. The fourth-order valence-electron chi connectivity index (χ4n) is 2.42. The second kappa shape index (κ2) is 6.74. The van der Waals surface area contributed by atoms with Crippen LogP contribution in [0.3, 0.4) is 0 Å². The normalized spacial score (nSPS) is 15.4. The molecule has 1 fully saturated rings. The van der Waals surface area contributed by atoms with Crippen molar-refractivity contribution in [2.75, 3.05) is 24.5 Å². The molecular weight excluding hydrogens is 222 g/mol. The first-order valence-electron chi connectivity index (χ1n) is 7.24. The lowest BCUT2D eigenvalue weighted by Gasteiger charge is -2.33. The van der Waals surface area contributed by atoms with E-state index in [1.54, 1.807) is 0 Å². The lowest BCUT2D eigenvalue weighted by Crippen LogP contribution is -2.32. The number of nitrogens with zero attached hydrogens (tertiary/aromatic N) is 2. The van der Waals surface area contributed by atoms with Crippen molar-refractivity contribution < 1.29 is 0 Å². The number of pyridine rings is 1. The summed E-state index contributed by atoms with van der Waals surface area (Å²) in [7, 11) is 0. The largest absolute Gasteiger partial charge is 0.371 e. The fourth-order valence-corrected chi connectivity index (χ4v) is 2.42. The van der Waals surface area contributed by atoms with E-state index in [0.29, 0.717) is 0 Å². The maximum atomic E-state index is 4.42. The third kappa shape index (κ3) is 3.45. The highest BCUT2D eigenvalue weighted by molar-refractivity contribution is 5.46. The van der Waals surface area contributed by atoms with Crippen molar-refractivity contribution in [2.24, 2.45) is 5.92 Å². The van der Waals surface area contributed by atoms with Gasteiger partial charge in [0, 0.05) is 31.5 Å². The average Bonchev–Trinajstić information content (AvgIpc) is 2.36. The van der Waals surface area contributed by atoms with E-state index in [9.17, 15) is 0 Å². The van der Waals surface area contributed by atoms with Crippen LogP contribution in [0.15, 0.2) is 18.3 Å². The van der Waals surface area contributed by atoms with Crippen LogP contribution in [0.2, 0.25) is 0 Å². The second-order valence-corrected chi connectivity index (χ2v) is 5.12. The Labute approximate surface area is 111 Å². The summed E-state index contributed by atoms with van der Waals surface area (Å²) in [4.78, 5) is 6.90. The molecule has 0 bridgehead atoms. The van der Waals surface area contributed by atoms with Crippen LogP contribution >= 0.6 is 0 Å². The van der Waals surface area contributed by atoms with Gasteiger partial charge in [0.2, 0.25) is 0 Å². The summed E-state index contributed by atoms with van der Waals surface area (Å²) in [6.45, 7) is 8.51. The molecule has 1 aromatic rings. The van der Waals surface area contributed by atoms with Crippen molar-refractivity contribution in [2.45, 2.75) is 39.7 Å². The van der Waals surface area contributed by atoms with Crippen LogP contribution < -0.4 is 10.2 Å². The first kappa shape index (κ1) is 13.3. The van der Waals surface area contributed by atoms with Gasteiger partial charge in [0.25, 0.3) is 0 Å². The second-order valence-electron chi connectivity index (χ2n) is 5.12. The number of anilines is 1. The molecule has 0 aromatic carbocycles. The van der Waals surface area contributed by atoms with Crippen LogP contribution in [0.25, 0.3) is 0 Å². The zero-order valence-electron chi connectivity index (χ0n) is 11.7. The maximum Gasteiger partial charge on any atom is 0.0562 e. The lowest BCUT2D eigenvalue weighted by atomic mass is 9.85. The lowest BCUT2D eigenvalue weighted by molar-refractivity contribution is 0.318. The monoisotopic (exact) mass is 247 g/mol. The zero-order valence-corrected chi connectivity index (χ0v) is 11.7. The molecule has 0 amide bonds. The molecular formula is C15H25N3. The van der Waals surface area contributed by atoms with Crippen LogP contribution in [0.5, 0.6) is 0 Å². The van der Waals surface area contributed by atoms with Crippen molar-refractivity contribution in [1.29, 1.82) is 0 Å². The fraction of sp³-hybridized carbons (Fsp3) is 0.667. The van der Waals surface area contributed by atoms with E-state index >= 15 is 0 Å². The summed E-state index contributed by atoms with van der Waals surface area (Å²) in [6, 6.07) is 4.36. The van der Waals surface area contributed by atoms with Crippen LogP contribution in [0.1, 0.15) is 38.8 Å². The van der Waals surface area contributed by atoms with Gasteiger partial charge in [-0.05, 0) is 44.4 Å². The molecule has 1 aliphatic carbocycles. The molecule has 18 heavy (non-hydrogen) atoms. The van der Waals surface area contributed by atoms with Crippen molar-refractivity contribution in [3.05, 3.63) is 24.0 Å². The molecule has 0 spiro atoms. The molecule has 1 N–H and O–H groups in total. The average molecular weight is 247 g/mol. The summed E-state index contributed by atoms with van der Waals surface area (Å²) >= 11 is 0. The highest BCUT2D eigenvalue weighted by atomic mass is 15.1. The Hall–Kier alpha value is -1.09. The molecule has 2 rings (SSSR count). The van der Waals surface area contributed by atoms with E-state index in [0.717, 1.165) is 31.2 Å². The van der Waals surface area contributed by atoms with Crippen molar-refractivity contribution in [3.8, 4) is 0 Å². The first-order chi connectivity index (χ1) is 8.83. The SMILES string of the molecule is CCNCc1cc(N(CC)CC2CCC2)ccn1. The van der Waals surface area contributed by atoms with E-state index in [2.05, 4.69) is 41.2 Å². The molecule has 0 saturated heterocycles. The highest BCUT2D eigenvalue weighted by Gasteiger charge is 2.20. The Bertz CT molecular complexity index is 361. The molecule has 0 unspecified atom stereocenters. The van der Waals surface area contributed by atoms with Crippen molar-refractivity contribution >= 4 is 5.69 Å². The molecule has 0 atom stereocenters. The Morgan fingerprint density at radius 3 is 2.83 bits per heavy atom. The molecule has 100 valence electrons. The smallest absolute Gasteiger partial charge is 0.0562 e. The van der Waals surface area contributed by atoms with Gasteiger partial charge >= 0.3 is 0 Å². The Morgan fingerprint density at radius 2 is 2.22 bits per heavy atom. The third-order valence-electron chi connectivity index (χ3n) is 3.81. The summed E-state index contributed by atoms with van der Waals surface area (Å²) in [5.74, 6) is 0.912. The van der Waals surface area contributed by atoms with Gasteiger partial charge in [0.1, 0.15) is 0 Å². The minimum Gasteiger partial charge on any atom is -0.371 e. The number of nitrogens with one attached hydrogen (secondary N) is 1. The van der Waals surface area contributed by atoms with Crippen molar-refractivity contribution in [1.82, 2.24) is 10.3 Å². The summed E-state index contributed by atoms with van der Waals surface area (Å²) in [6.07, 6.45) is 6.17. The molecule has 0 aliphatic heterocycles. The summed E-state index contributed by atoms with van der Waals surface area (Å²) < 4.78 is 0. The standard InChI is InChI=1S/C15H25N3/c1-3-16-11-14-10-15(8-9-17-14)18(4-2)12-13-6-5-7-13/h8-10,13,16H,3-7,11-12H2,1-2H3. The van der Waals surface area contributed by atoms with Gasteiger partial charge in [0.15, 0.2) is 0 Å². The van der Waals surface area contributed by atoms with Gasteiger partial charge in [-0.1, -0.05) is 13.3 Å². The third-order valence-corrected chi connectivity index (χ3v) is 3.81. The Balaban J connectivity index is 1.99. The summed E-state index contributed by atoms with van der Waals surface area (Å²) in [5.41, 5.74) is 2.47. The molecule has 1 saturated carbocycles. The van der Waals surface area contributed by atoms with Gasteiger partial charge < -0.3 is 10.2 Å². The first-order valence-corrected chi connectivity index (χ1v) is 7.24. The van der Waals surface area contributed by atoms with Gasteiger partial charge in [-0.25, -0.2) is 0 Å². The van der Waals surface area contributed by atoms with E-state index in [1.165, 1.54) is 31.5 Å². The van der Waals surface area contributed by atoms with Crippen LogP contribution in [-0.4, -0.2) is 24.6 Å². The van der Waals surface area contributed by atoms with E-state index < -0.39 is 0 Å². The number of aromatic nitrogens is 1. The van der Waals surface area contributed by atoms with Crippen LogP contribution in [0.4, 0.5) is 5.69 Å². The number of rotatable bonds is 7. The molecule has 3 nitrogen and oxygen atoms in total. The Morgan fingerprint density at radius 1 is 1.39 bits per heavy atom. The van der Waals surface area contributed by atoms with E-state index in [1.807, 2.05) is 6.20 Å². The number of hydrogen-bond donors (Lipinski definition) is 1. The Kier molecular flexibility index (Phi) is 5.00. The van der Waals surface area contributed by atoms with Gasteiger partial charge in [0.05, 0.1) is 5.69 Å². The van der Waals surface area contributed by atoms with Gasteiger partial charge in [-0.15, -0.1) is 0 Å². The van der Waals surface area contributed by atoms with E-state index in [4.69, 9.17) is 0 Å². The topological polar surface area (TPSA) is 28.2 Å². The predicted molar refractivity (Wildman–Crippen MR) is 76.8 cm³/mol. The zero-order chi connectivity index (χ0) is 12.8. The summed E-state index contributed by atoms with van der Waals surface area (Å²) in [5, 5.41) is 3.33.